The normalized spacial score (nSPS) is 11.1. The van der Waals surface area contributed by atoms with Crippen LogP contribution in [0, 0.1) is 0 Å². The number of rotatable bonds is 8. The van der Waals surface area contributed by atoms with Gasteiger partial charge in [-0.15, -0.1) is 10.2 Å². The fourth-order valence-electron chi connectivity index (χ4n) is 2.83. The Bertz CT molecular complexity index is 1260. The molecule has 1 aromatic heterocycles. The lowest BCUT2D eigenvalue weighted by Gasteiger charge is -2.09. The van der Waals surface area contributed by atoms with Crippen LogP contribution in [0.1, 0.15) is 6.92 Å². The van der Waals surface area contributed by atoms with Crippen molar-refractivity contribution in [3.8, 4) is 16.3 Å². The number of sulfonamides is 1. The third-order valence-electron chi connectivity index (χ3n) is 4.26. The number of nitrogens with zero attached hydrogens (tertiary/aromatic N) is 2. The molecule has 158 valence electrons. The van der Waals surface area contributed by atoms with Crippen LogP contribution in [-0.2, 0) is 10.0 Å². The van der Waals surface area contributed by atoms with Crippen molar-refractivity contribution in [1.82, 2.24) is 10.2 Å². The van der Waals surface area contributed by atoms with Crippen LogP contribution in [0.2, 0.25) is 0 Å². The molecule has 0 aliphatic carbocycles. The standard InChI is InChI=1S/C22H20N4O3S2/c1-2-29-19-8-6-7-16(15-19)21-24-25-22(30-21)23-17-11-13-18(14-12-17)26-31(27,28)20-9-4-3-5-10-20/h3-15,26H,2H2,1H3,(H,23,25). The first-order chi connectivity index (χ1) is 15.0. The molecule has 0 saturated heterocycles. The summed E-state index contributed by atoms with van der Waals surface area (Å²) < 4.78 is 33.0. The van der Waals surface area contributed by atoms with Crippen LogP contribution in [0.3, 0.4) is 0 Å². The Kier molecular flexibility index (Phi) is 6.15. The van der Waals surface area contributed by atoms with Crippen LogP contribution in [0.25, 0.3) is 10.6 Å². The van der Waals surface area contributed by atoms with Gasteiger partial charge >= 0.3 is 0 Å². The number of benzene rings is 3. The van der Waals surface area contributed by atoms with E-state index in [2.05, 4.69) is 20.2 Å². The Balaban J connectivity index is 1.44. The molecule has 9 heteroatoms. The van der Waals surface area contributed by atoms with Crippen LogP contribution < -0.4 is 14.8 Å². The second-order valence-corrected chi connectivity index (χ2v) is 9.15. The van der Waals surface area contributed by atoms with E-state index in [1.54, 1.807) is 54.6 Å². The summed E-state index contributed by atoms with van der Waals surface area (Å²) in [6.07, 6.45) is 0. The lowest BCUT2D eigenvalue weighted by Crippen LogP contribution is -2.12. The maximum atomic E-state index is 12.4. The van der Waals surface area contributed by atoms with E-state index in [0.29, 0.717) is 17.4 Å². The maximum Gasteiger partial charge on any atom is 0.261 e. The van der Waals surface area contributed by atoms with Crippen LogP contribution in [0.4, 0.5) is 16.5 Å². The van der Waals surface area contributed by atoms with Gasteiger partial charge in [0.2, 0.25) is 5.13 Å². The summed E-state index contributed by atoms with van der Waals surface area (Å²) >= 11 is 1.42. The summed E-state index contributed by atoms with van der Waals surface area (Å²) in [5.41, 5.74) is 2.18. The molecule has 0 aliphatic heterocycles. The number of anilines is 3. The third-order valence-corrected chi connectivity index (χ3v) is 6.54. The van der Waals surface area contributed by atoms with E-state index < -0.39 is 10.0 Å². The second kappa shape index (κ2) is 9.15. The number of ether oxygens (including phenoxy) is 1. The molecule has 0 radical (unpaired) electrons. The van der Waals surface area contributed by atoms with Crippen molar-refractivity contribution < 1.29 is 13.2 Å². The van der Waals surface area contributed by atoms with Gasteiger partial charge < -0.3 is 10.1 Å². The molecule has 4 aromatic rings. The van der Waals surface area contributed by atoms with E-state index in [1.807, 2.05) is 31.2 Å². The van der Waals surface area contributed by atoms with Gasteiger partial charge in [-0.3, -0.25) is 4.72 Å². The average Bonchev–Trinajstić information content (AvgIpc) is 3.25. The van der Waals surface area contributed by atoms with Gasteiger partial charge in [0.1, 0.15) is 10.8 Å². The van der Waals surface area contributed by atoms with Gasteiger partial charge in [-0.25, -0.2) is 8.42 Å². The molecule has 0 spiro atoms. The summed E-state index contributed by atoms with van der Waals surface area (Å²) in [6, 6.07) is 22.9. The average molecular weight is 453 g/mol. The molecule has 0 amide bonds. The number of hydrogen-bond donors (Lipinski definition) is 2. The van der Waals surface area contributed by atoms with E-state index in [4.69, 9.17) is 4.74 Å². The molecule has 0 fully saturated rings. The first kappa shape index (κ1) is 20.8. The summed E-state index contributed by atoms with van der Waals surface area (Å²) in [4.78, 5) is 0.215. The molecular formula is C22H20N4O3S2. The summed E-state index contributed by atoms with van der Waals surface area (Å²) in [5.74, 6) is 0.790. The molecule has 1 heterocycles. The highest BCUT2D eigenvalue weighted by Gasteiger charge is 2.13. The highest BCUT2D eigenvalue weighted by Crippen LogP contribution is 2.30. The van der Waals surface area contributed by atoms with Crippen molar-refractivity contribution in [1.29, 1.82) is 0 Å². The topological polar surface area (TPSA) is 93.2 Å². The van der Waals surface area contributed by atoms with Crippen molar-refractivity contribution in [3.05, 3.63) is 78.9 Å². The van der Waals surface area contributed by atoms with Gasteiger partial charge in [0.25, 0.3) is 10.0 Å². The Morgan fingerprint density at radius 1 is 0.903 bits per heavy atom. The molecule has 31 heavy (non-hydrogen) atoms. The molecule has 7 nitrogen and oxygen atoms in total. The predicted octanol–water partition coefficient (Wildman–Crippen LogP) is 5.15. The first-order valence-electron chi connectivity index (χ1n) is 9.55. The van der Waals surface area contributed by atoms with Crippen molar-refractivity contribution >= 4 is 37.9 Å². The van der Waals surface area contributed by atoms with Crippen molar-refractivity contribution in [2.75, 3.05) is 16.6 Å². The largest absolute Gasteiger partial charge is 0.494 e. The second-order valence-electron chi connectivity index (χ2n) is 6.49. The minimum atomic E-state index is -3.62. The number of aromatic nitrogens is 2. The molecule has 0 saturated carbocycles. The number of nitrogens with one attached hydrogen (secondary N) is 2. The Morgan fingerprint density at radius 2 is 1.65 bits per heavy atom. The maximum absolute atomic E-state index is 12.4. The molecule has 4 rings (SSSR count). The molecule has 0 unspecified atom stereocenters. The quantitative estimate of drug-likeness (QED) is 0.384. The first-order valence-corrected chi connectivity index (χ1v) is 11.9. The molecule has 0 bridgehead atoms. The SMILES string of the molecule is CCOc1cccc(-c2nnc(Nc3ccc(NS(=O)(=O)c4ccccc4)cc3)s2)c1. The van der Waals surface area contributed by atoms with Crippen molar-refractivity contribution in [2.45, 2.75) is 11.8 Å². The minimum Gasteiger partial charge on any atom is -0.494 e. The highest BCUT2D eigenvalue weighted by atomic mass is 32.2. The summed E-state index contributed by atoms with van der Waals surface area (Å²) in [5, 5.41) is 13.0. The van der Waals surface area contributed by atoms with E-state index in [0.717, 1.165) is 22.0 Å². The lowest BCUT2D eigenvalue weighted by molar-refractivity contribution is 0.340. The monoisotopic (exact) mass is 452 g/mol. The van der Waals surface area contributed by atoms with Crippen molar-refractivity contribution in [2.24, 2.45) is 0 Å². The predicted molar refractivity (Wildman–Crippen MR) is 123 cm³/mol. The smallest absolute Gasteiger partial charge is 0.261 e. The Morgan fingerprint density at radius 3 is 2.39 bits per heavy atom. The zero-order chi connectivity index (χ0) is 21.7. The van der Waals surface area contributed by atoms with E-state index in [1.165, 1.54) is 11.3 Å². The van der Waals surface area contributed by atoms with Gasteiger partial charge in [-0.1, -0.05) is 41.7 Å². The molecule has 0 atom stereocenters. The van der Waals surface area contributed by atoms with E-state index in [-0.39, 0.29) is 4.90 Å². The van der Waals surface area contributed by atoms with Crippen LogP contribution in [0.5, 0.6) is 5.75 Å². The molecule has 3 aromatic carbocycles. The molecule has 0 aliphatic rings. The summed E-state index contributed by atoms with van der Waals surface area (Å²) in [6.45, 7) is 2.54. The van der Waals surface area contributed by atoms with Gasteiger partial charge in [0.05, 0.1) is 11.5 Å². The molecule has 2 N–H and O–H groups in total. The fourth-order valence-corrected chi connectivity index (χ4v) is 4.67. The third kappa shape index (κ3) is 5.19. The van der Waals surface area contributed by atoms with E-state index >= 15 is 0 Å². The molecular weight excluding hydrogens is 432 g/mol. The zero-order valence-electron chi connectivity index (χ0n) is 16.6. The zero-order valence-corrected chi connectivity index (χ0v) is 18.3. The minimum absolute atomic E-state index is 0.215. The summed E-state index contributed by atoms with van der Waals surface area (Å²) in [7, 11) is -3.62. The fraction of sp³-hybridized carbons (Fsp3) is 0.0909. The Labute approximate surface area is 184 Å². The van der Waals surface area contributed by atoms with Crippen LogP contribution in [0.15, 0.2) is 83.8 Å². The lowest BCUT2D eigenvalue weighted by atomic mass is 10.2. The van der Waals surface area contributed by atoms with Crippen molar-refractivity contribution in [3.63, 3.8) is 0 Å². The van der Waals surface area contributed by atoms with Crippen LogP contribution >= 0.6 is 11.3 Å². The number of hydrogen-bond acceptors (Lipinski definition) is 7. The van der Waals surface area contributed by atoms with Crippen LogP contribution in [-0.4, -0.2) is 25.2 Å². The van der Waals surface area contributed by atoms with Gasteiger partial charge in [0, 0.05) is 16.9 Å². The van der Waals surface area contributed by atoms with Gasteiger partial charge in [-0.05, 0) is 55.5 Å². The van der Waals surface area contributed by atoms with Gasteiger partial charge in [0.15, 0.2) is 0 Å². The highest BCUT2D eigenvalue weighted by molar-refractivity contribution is 7.92. The Hall–Kier alpha value is -3.43. The van der Waals surface area contributed by atoms with E-state index in [9.17, 15) is 8.42 Å². The van der Waals surface area contributed by atoms with Gasteiger partial charge in [-0.2, -0.15) is 0 Å².